The van der Waals surface area contributed by atoms with Crippen LogP contribution in [0.5, 0.6) is 11.5 Å². The molecule has 0 aliphatic carbocycles. The summed E-state index contributed by atoms with van der Waals surface area (Å²) in [4.78, 5) is 20.0. The maximum atomic E-state index is 12.2. The second-order valence-electron chi connectivity index (χ2n) is 4.89. The SMILES string of the molecule is C[C@H](NC(=O)c1nccnc1N)c1ccc2c(c1)OCCO2. The van der Waals surface area contributed by atoms with Gasteiger partial charge in [0.05, 0.1) is 6.04 Å². The Hall–Kier alpha value is -2.83. The van der Waals surface area contributed by atoms with E-state index >= 15 is 0 Å². The monoisotopic (exact) mass is 300 g/mol. The molecule has 1 aromatic carbocycles. The summed E-state index contributed by atoms with van der Waals surface area (Å²) in [6, 6.07) is 5.35. The number of ether oxygens (including phenoxy) is 2. The van der Waals surface area contributed by atoms with Crippen LogP contribution in [0.2, 0.25) is 0 Å². The van der Waals surface area contributed by atoms with Gasteiger partial charge in [-0.1, -0.05) is 6.07 Å². The second kappa shape index (κ2) is 5.88. The van der Waals surface area contributed by atoms with Crippen LogP contribution in [0.3, 0.4) is 0 Å². The number of fused-ring (bicyclic) bond motifs is 1. The number of hydrogen-bond donors (Lipinski definition) is 2. The van der Waals surface area contributed by atoms with E-state index in [1.54, 1.807) is 0 Å². The predicted octanol–water partition coefficient (Wildman–Crippen LogP) is 1.32. The van der Waals surface area contributed by atoms with Crippen LogP contribution in [0.15, 0.2) is 30.6 Å². The van der Waals surface area contributed by atoms with E-state index in [-0.39, 0.29) is 23.5 Å². The number of rotatable bonds is 3. The van der Waals surface area contributed by atoms with Gasteiger partial charge < -0.3 is 20.5 Å². The molecule has 1 aliphatic rings. The van der Waals surface area contributed by atoms with E-state index in [2.05, 4.69) is 15.3 Å². The Labute approximate surface area is 127 Å². The summed E-state index contributed by atoms with van der Waals surface area (Å²) < 4.78 is 11.0. The Morgan fingerprint density at radius 1 is 1.23 bits per heavy atom. The maximum Gasteiger partial charge on any atom is 0.274 e. The maximum absolute atomic E-state index is 12.2. The number of nitrogens with two attached hydrogens (primary N) is 1. The first-order valence-electron chi connectivity index (χ1n) is 6.92. The third kappa shape index (κ3) is 2.78. The lowest BCUT2D eigenvalue weighted by atomic mass is 10.1. The van der Waals surface area contributed by atoms with Gasteiger partial charge in [-0.3, -0.25) is 4.79 Å². The number of nitrogen functional groups attached to an aromatic ring is 1. The largest absolute Gasteiger partial charge is 0.486 e. The number of carbonyl (C=O) groups is 1. The molecule has 0 saturated carbocycles. The minimum atomic E-state index is -0.368. The smallest absolute Gasteiger partial charge is 0.274 e. The van der Waals surface area contributed by atoms with Crippen molar-refractivity contribution in [3.8, 4) is 11.5 Å². The Morgan fingerprint density at radius 3 is 2.73 bits per heavy atom. The lowest BCUT2D eigenvalue weighted by Crippen LogP contribution is -2.28. The molecule has 114 valence electrons. The van der Waals surface area contributed by atoms with Gasteiger partial charge in [0, 0.05) is 12.4 Å². The second-order valence-corrected chi connectivity index (χ2v) is 4.89. The number of benzene rings is 1. The van der Waals surface area contributed by atoms with Crippen molar-refractivity contribution in [3.05, 3.63) is 41.9 Å². The van der Waals surface area contributed by atoms with Gasteiger partial charge in [0.1, 0.15) is 13.2 Å². The highest BCUT2D eigenvalue weighted by atomic mass is 16.6. The minimum absolute atomic E-state index is 0.106. The zero-order valence-electron chi connectivity index (χ0n) is 12.1. The fraction of sp³-hybridized carbons (Fsp3) is 0.267. The number of nitrogens with one attached hydrogen (secondary N) is 1. The molecule has 1 aliphatic heterocycles. The summed E-state index contributed by atoms with van der Waals surface area (Å²) in [7, 11) is 0. The Morgan fingerprint density at radius 2 is 1.95 bits per heavy atom. The number of nitrogens with zero attached hydrogens (tertiary/aromatic N) is 2. The van der Waals surface area contributed by atoms with Gasteiger partial charge in [0.15, 0.2) is 23.0 Å². The Bertz CT molecular complexity index is 705. The fourth-order valence-corrected chi connectivity index (χ4v) is 2.20. The molecule has 3 rings (SSSR count). The Kier molecular flexibility index (Phi) is 3.78. The van der Waals surface area contributed by atoms with E-state index in [0.717, 1.165) is 5.56 Å². The summed E-state index contributed by atoms with van der Waals surface area (Å²) >= 11 is 0. The number of anilines is 1. The van der Waals surface area contributed by atoms with Crippen molar-refractivity contribution in [3.63, 3.8) is 0 Å². The van der Waals surface area contributed by atoms with Crippen molar-refractivity contribution in [2.45, 2.75) is 13.0 Å². The molecule has 1 aromatic heterocycles. The number of carbonyl (C=O) groups excluding carboxylic acids is 1. The van der Waals surface area contributed by atoms with Crippen molar-refractivity contribution in [1.29, 1.82) is 0 Å². The van der Waals surface area contributed by atoms with Gasteiger partial charge in [-0.15, -0.1) is 0 Å². The molecule has 0 spiro atoms. The topological polar surface area (TPSA) is 99.4 Å². The van der Waals surface area contributed by atoms with Gasteiger partial charge in [-0.2, -0.15) is 0 Å². The molecule has 0 fully saturated rings. The normalized spacial score (nSPS) is 14.2. The zero-order chi connectivity index (χ0) is 15.5. The average Bonchev–Trinajstić information content (AvgIpc) is 2.54. The van der Waals surface area contributed by atoms with E-state index in [4.69, 9.17) is 15.2 Å². The molecular weight excluding hydrogens is 284 g/mol. The van der Waals surface area contributed by atoms with Gasteiger partial charge in [0.25, 0.3) is 5.91 Å². The molecule has 2 heterocycles. The molecule has 0 bridgehead atoms. The van der Waals surface area contributed by atoms with Crippen LogP contribution in [-0.2, 0) is 0 Å². The van der Waals surface area contributed by atoms with E-state index in [9.17, 15) is 4.79 Å². The molecule has 22 heavy (non-hydrogen) atoms. The van der Waals surface area contributed by atoms with Crippen LogP contribution < -0.4 is 20.5 Å². The summed E-state index contributed by atoms with van der Waals surface area (Å²) in [6.07, 6.45) is 2.87. The quantitative estimate of drug-likeness (QED) is 0.887. The first-order chi connectivity index (χ1) is 10.6. The number of amides is 1. The van der Waals surface area contributed by atoms with Crippen LogP contribution in [0.4, 0.5) is 5.82 Å². The van der Waals surface area contributed by atoms with Crippen LogP contribution in [0.1, 0.15) is 29.0 Å². The van der Waals surface area contributed by atoms with E-state index < -0.39 is 0 Å². The van der Waals surface area contributed by atoms with Gasteiger partial charge >= 0.3 is 0 Å². The van der Waals surface area contributed by atoms with Crippen molar-refractivity contribution in [1.82, 2.24) is 15.3 Å². The molecule has 3 N–H and O–H groups in total. The third-order valence-corrected chi connectivity index (χ3v) is 3.36. The molecule has 0 unspecified atom stereocenters. The predicted molar refractivity (Wildman–Crippen MR) is 79.8 cm³/mol. The molecule has 7 heteroatoms. The average molecular weight is 300 g/mol. The third-order valence-electron chi connectivity index (χ3n) is 3.36. The van der Waals surface area contributed by atoms with Crippen molar-refractivity contribution < 1.29 is 14.3 Å². The molecule has 2 aromatic rings. The standard InChI is InChI=1S/C15H16N4O3/c1-9(19-15(20)13-14(16)18-5-4-17-13)10-2-3-11-12(8-10)22-7-6-21-11/h2-5,8-9H,6-7H2,1H3,(H2,16,18)(H,19,20)/t9-/m0/s1. The molecular formula is C15H16N4O3. The molecule has 1 amide bonds. The Balaban J connectivity index is 1.76. The van der Waals surface area contributed by atoms with Crippen molar-refractivity contribution >= 4 is 11.7 Å². The van der Waals surface area contributed by atoms with E-state index in [1.807, 2.05) is 25.1 Å². The summed E-state index contributed by atoms with van der Waals surface area (Å²) in [5, 5.41) is 2.84. The van der Waals surface area contributed by atoms with Crippen molar-refractivity contribution in [2.24, 2.45) is 0 Å². The van der Waals surface area contributed by atoms with E-state index in [1.165, 1.54) is 12.4 Å². The molecule has 0 radical (unpaired) electrons. The molecule has 1 atom stereocenters. The van der Waals surface area contributed by atoms with Gasteiger partial charge in [-0.05, 0) is 24.6 Å². The minimum Gasteiger partial charge on any atom is -0.486 e. The van der Waals surface area contributed by atoms with Crippen LogP contribution in [-0.4, -0.2) is 29.1 Å². The van der Waals surface area contributed by atoms with Crippen LogP contribution in [0, 0.1) is 0 Å². The zero-order valence-corrected chi connectivity index (χ0v) is 12.1. The lowest BCUT2D eigenvalue weighted by molar-refractivity contribution is 0.0935. The highest BCUT2D eigenvalue weighted by Crippen LogP contribution is 2.32. The number of aromatic nitrogens is 2. The van der Waals surface area contributed by atoms with E-state index in [0.29, 0.717) is 24.7 Å². The number of hydrogen-bond acceptors (Lipinski definition) is 6. The van der Waals surface area contributed by atoms with Crippen molar-refractivity contribution in [2.75, 3.05) is 18.9 Å². The molecule has 0 saturated heterocycles. The highest BCUT2D eigenvalue weighted by molar-refractivity contribution is 5.96. The summed E-state index contributed by atoms with van der Waals surface area (Å²) in [5.74, 6) is 1.14. The van der Waals surface area contributed by atoms with Gasteiger partial charge in [-0.25, -0.2) is 9.97 Å². The van der Waals surface area contributed by atoms with Gasteiger partial charge in [0.2, 0.25) is 0 Å². The summed E-state index contributed by atoms with van der Waals surface area (Å²) in [6.45, 7) is 2.94. The first-order valence-corrected chi connectivity index (χ1v) is 6.92. The first kappa shape index (κ1) is 14.1. The lowest BCUT2D eigenvalue weighted by Gasteiger charge is -2.21. The van der Waals surface area contributed by atoms with Crippen LogP contribution >= 0.6 is 0 Å². The summed E-state index contributed by atoms with van der Waals surface area (Å²) in [5.41, 5.74) is 6.68. The highest BCUT2D eigenvalue weighted by Gasteiger charge is 2.18. The fourth-order valence-electron chi connectivity index (χ4n) is 2.20. The van der Waals surface area contributed by atoms with Crippen LogP contribution in [0.25, 0.3) is 0 Å². The molecule has 7 nitrogen and oxygen atoms in total.